The van der Waals surface area contributed by atoms with Crippen LogP contribution in [0.2, 0.25) is 0 Å². The lowest BCUT2D eigenvalue weighted by molar-refractivity contribution is -0.149. The Labute approximate surface area is 132 Å². The van der Waals surface area contributed by atoms with E-state index in [1.807, 2.05) is 27.7 Å². The molecule has 124 valence electrons. The van der Waals surface area contributed by atoms with Crippen LogP contribution >= 0.6 is 0 Å². The highest BCUT2D eigenvalue weighted by Gasteiger charge is 2.44. The van der Waals surface area contributed by atoms with Crippen LogP contribution in [0.5, 0.6) is 0 Å². The van der Waals surface area contributed by atoms with Gasteiger partial charge in [0.1, 0.15) is 11.2 Å². The third-order valence-corrected chi connectivity index (χ3v) is 4.16. The van der Waals surface area contributed by atoms with Gasteiger partial charge in [0, 0.05) is 12.6 Å². The normalized spacial score (nSPS) is 29.7. The second-order valence-corrected chi connectivity index (χ2v) is 7.33. The molecule has 0 saturated carbocycles. The summed E-state index contributed by atoms with van der Waals surface area (Å²) in [4.78, 5) is 25.9. The highest BCUT2D eigenvalue weighted by molar-refractivity contribution is 5.85. The Kier molecular flexibility index (Phi) is 4.83. The maximum absolute atomic E-state index is 12.6. The summed E-state index contributed by atoms with van der Waals surface area (Å²) in [7, 11) is 0. The molecule has 0 radical (unpaired) electrons. The van der Waals surface area contributed by atoms with Crippen molar-refractivity contribution in [1.29, 1.82) is 0 Å². The highest BCUT2D eigenvalue weighted by Crippen LogP contribution is 2.33. The fraction of sp³-hybridized carbons (Fsp3) is 0.765. The van der Waals surface area contributed by atoms with Crippen molar-refractivity contribution in [2.45, 2.75) is 77.0 Å². The second kappa shape index (κ2) is 6.31. The summed E-state index contributed by atoms with van der Waals surface area (Å²) in [6, 6.07) is -0.176. The van der Waals surface area contributed by atoms with Crippen LogP contribution in [0.4, 0.5) is 4.79 Å². The third-order valence-electron chi connectivity index (χ3n) is 4.16. The van der Waals surface area contributed by atoms with Crippen molar-refractivity contribution < 1.29 is 19.1 Å². The van der Waals surface area contributed by atoms with Gasteiger partial charge in [0.25, 0.3) is 0 Å². The van der Waals surface area contributed by atoms with Crippen LogP contribution in [-0.4, -0.2) is 40.8 Å². The number of amides is 1. The van der Waals surface area contributed by atoms with Crippen LogP contribution < -0.4 is 0 Å². The van der Waals surface area contributed by atoms with Gasteiger partial charge in [0.2, 0.25) is 0 Å². The standard InChI is InChI=1S/C17H27NO4/c1-16(2,3)22-15(20)18-12-8-6-5-7-9-13(18)17(4)11-10-14(19)21-17/h10-11,13H,5-9,12H2,1-4H3/t13-,17-/m1/s1. The second-order valence-electron chi connectivity index (χ2n) is 7.33. The summed E-state index contributed by atoms with van der Waals surface area (Å²) in [6.45, 7) is 8.10. The number of likely N-dealkylation sites (tertiary alicyclic amines) is 1. The van der Waals surface area contributed by atoms with Gasteiger partial charge in [-0.25, -0.2) is 9.59 Å². The molecule has 2 rings (SSSR count). The highest BCUT2D eigenvalue weighted by atomic mass is 16.6. The molecule has 5 heteroatoms. The van der Waals surface area contributed by atoms with E-state index in [-0.39, 0.29) is 18.1 Å². The van der Waals surface area contributed by atoms with E-state index in [1.54, 1.807) is 11.0 Å². The molecular formula is C17H27NO4. The van der Waals surface area contributed by atoms with Gasteiger partial charge in [-0.05, 0) is 46.6 Å². The number of cyclic esters (lactones) is 1. The molecule has 1 fully saturated rings. The van der Waals surface area contributed by atoms with Crippen molar-refractivity contribution in [2.75, 3.05) is 6.54 Å². The SMILES string of the molecule is CC(C)(C)OC(=O)N1CCCCCC[C@@H]1[C@@]1(C)C=CC(=O)O1. The molecule has 0 spiro atoms. The molecule has 0 aromatic carbocycles. The maximum atomic E-state index is 12.6. The number of hydrogen-bond donors (Lipinski definition) is 0. The largest absolute Gasteiger partial charge is 0.450 e. The Hall–Kier alpha value is -1.52. The quantitative estimate of drug-likeness (QED) is 0.696. The molecule has 1 saturated heterocycles. The molecule has 22 heavy (non-hydrogen) atoms. The van der Waals surface area contributed by atoms with E-state index in [0.717, 1.165) is 32.1 Å². The fourth-order valence-electron chi connectivity index (χ4n) is 3.12. The van der Waals surface area contributed by atoms with Crippen molar-refractivity contribution in [3.05, 3.63) is 12.2 Å². The minimum absolute atomic E-state index is 0.176. The van der Waals surface area contributed by atoms with Crippen molar-refractivity contribution in [2.24, 2.45) is 0 Å². The van der Waals surface area contributed by atoms with Gasteiger partial charge in [-0.15, -0.1) is 0 Å². The van der Waals surface area contributed by atoms with Gasteiger partial charge in [-0.3, -0.25) is 0 Å². The van der Waals surface area contributed by atoms with Gasteiger partial charge in [0.05, 0.1) is 6.04 Å². The molecule has 2 heterocycles. The number of hydrogen-bond acceptors (Lipinski definition) is 4. The van der Waals surface area contributed by atoms with E-state index in [9.17, 15) is 9.59 Å². The smallest absolute Gasteiger partial charge is 0.410 e. The van der Waals surface area contributed by atoms with Crippen molar-refractivity contribution in [1.82, 2.24) is 4.90 Å². The number of ether oxygens (including phenoxy) is 2. The van der Waals surface area contributed by atoms with Gasteiger partial charge in [0.15, 0.2) is 0 Å². The molecule has 2 aliphatic heterocycles. The zero-order valence-electron chi connectivity index (χ0n) is 14.1. The van der Waals surface area contributed by atoms with E-state index in [2.05, 4.69) is 0 Å². The third kappa shape index (κ3) is 4.02. The van der Waals surface area contributed by atoms with Gasteiger partial charge in [-0.1, -0.05) is 19.3 Å². The topological polar surface area (TPSA) is 55.8 Å². The maximum Gasteiger partial charge on any atom is 0.410 e. The molecule has 0 bridgehead atoms. The Morgan fingerprint density at radius 1 is 1.32 bits per heavy atom. The lowest BCUT2D eigenvalue weighted by atomic mass is 9.89. The van der Waals surface area contributed by atoms with E-state index < -0.39 is 11.2 Å². The molecule has 0 aromatic rings. The molecule has 2 aliphatic rings. The summed E-state index contributed by atoms with van der Waals surface area (Å²) in [5, 5.41) is 0. The van der Waals surface area contributed by atoms with Crippen LogP contribution in [0.15, 0.2) is 12.2 Å². The average molecular weight is 309 g/mol. The average Bonchev–Trinajstić information content (AvgIpc) is 2.67. The predicted molar refractivity (Wildman–Crippen MR) is 83.5 cm³/mol. The number of esters is 1. The number of carbonyl (C=O) groups is 2. The van der Waals surface area contributed by atoms with Gasteiger partial charge < -0.3 is 14.4 Å². The van der Waals surface area contributed by atoms with Crippen LogP contribution in [0.3, 0.4) is 0 Å². The number of carbonyl (C=O) groups excluding carboxylic acids is 2. The first-order valence-electron chi connectivity index (χ1n) is 8.13. The first-order valence-corrected chi connectivity index (χ1v) is 8.13. The zero-order chi connectivity index (χ0) is 16.4. The first kappa shape index (κ1) is 16.8. The van der Waals surface area contributed by atoms with Crippen molar-refractivity contribution >= 4 is 12.1 Å². The van der Waals surface area contributed by atoms with Crippen molar-refractivity contribution in [3.63, 3.8) is 0 Å². The van der Waals surface area contributed by atoms with Gasteiger partial charge in [-0.2, -0.15) is 0 Å². The van der Waals surface area contributed by atoms with Crippen LogP contribution in [-0.2, 0) is 14.3 Å². The Balaban J connectivity index is 2.22. The summed E-state index contributed by atoms with van der Waals surface area (Å²) >= 11 is 0. The van der Waals surface area contributed by atoms with Crippen LogP contribution in [0.25, 0.3) is 0 Å². The molecule has 0 aliphatic carbocycles. The minimum atomic E-state index is -0.759. The summed E-state index contributed by atoms with van der Waals surface area (Å²) in [6.07, 6.45) is 7.94. The minimum Gasteiger partial charge on any atom is -0.450 e. The lowest BCUT2D eigenvalue weighted by Crippen LogP contribution is -2.54. The van der Waals surface area contributed by atoms with E-state index >= 15 is 0 Å². The monoisotopic (exact) mass is 309 g/mol. The fourth-order valence-corrected chi connectivity index (χ4v) is 3.12. The molecule has 0 unspecified atom stereocenters. The van der Waals surface area contributed by atoms with Crippen molar-refractivity contribution in [3.8, 4) is 0 Å². The zero-order valence-corrected chi connectivity index (χ0v) is 14.1. The number of nitrogens with zero attached hydrogens (tertiary/aromatic N) is 1. The molecule has 2 atom stereocenters. The summed E-state index contributed by atoms with van der Waals surface area (Å²) in [5.74, 6) is -0.339. The Morgan fingerprint density at radius 3 is 2.59 bits per heavy atom. The van der Waals surface area contributed by atoms with E-state index in [0.29, 0.717) is 6.54 Å². The molecule has 0 aromatic heterocycles. The molecule has 1 amide bonds. The summed E-state index contributed by atoms with van der Waals surface area (Å²) < 4.78 is 11.1. The van der Waals surface area contributed by atoms with Crippen LogP contribution in [0.1, 0.15) is 59.8 Å². The van der Waals surface area contributed by atoms with Gasteiger partial charge >= 0.3 is 12.1 Å². The molecular weight excluding hydrogens is 282 g/mol. The number of rotatable bonds is 1. The predicted octanol–water partition coefficient (Wildman–Crippen LogP) is 3.43. The first-order chi connectivity index (χ1) is 10.2. The lowest BCUT2D eigenvalue weighted by Gasteiger charge is -2.41. The van der Waals surface area contributed by atoms with E-state index in [4.69, 9.17) is 9.47 Å². The van der Waals surface area contributed by atoms with Crippen LogP contribution in [0, 0.1) is 0 Å². The molecule has 0 N–H and O–H groups in total. The Bertz CT molecular complexity index is 466. The summed E-state index contributed by atoms with van der Waals surface area (Å²) in [5.41, 5.74) is -1.29. The Morgan fingerprint density at radius 2 is 2.00 bits per heavy atom. The molecule has 5 nitrogen and oxygen atoms in total. The van der Waals surface area contributed by atoms with E-state index in [1.165, 1.54) is 6.08 Å².